The maximum absolute atomic E-state index is 11.7. The average Bonchev–Trinajstić information content (AvgIpc) is 2.53. The molecule has 96 valence electrons. The Hall–Kier alpha value is -0.880. The molecule has 0 spiro atoms. The van der Waals surface area contributed by atoms with E-state index in [9.17, 15) is 8.42 Å². The van der Waals surface area contributed by atoms with E-state index in [1.165, 1.54) is 0 Å². The number of hydrogen-bond acceptors (Lipinski definition) is 4. The van der Waals surface area contributed by atoms with Crippen molar-refractivity contribution in [2.45, 2.75) is 45.0 Å². The summed E-state index contributed by atoms with van der Waals surface area (Å²) < 4.78 is 25.3. The fraction of sp³-hybridized carbons (Fsp3) is 0.727. The minimum atomic E-state index is -2.98. The summed E-state index contributed by atoms with van der Waals surface area (Å²) in [5.41, 5.74) is 8.16. The fourth-order valence-electron chi connectivity index (χ4n) is 2.23. The van der Waals surface area contributed by atoms with Gasteiger partial charge in [0.1, 0.15) is 0 Å². The van der Waals surface area contributed by atoms with Gasteiger partial charge in [0.05, 0.1) is 28.4 Å². The molecule has 0 atom stereocenters. The zero-order valence-electron chi connectivity index (χ0n) is 10.5. The zero-order valence-corrected chi connectivity index (χ0v) is 11.3. The Morgan fingerprint density at radius 1 is 1.41 bits per heavy atom. The molecule has 0 aromatic carbocycles. The number of aromatic nitrogens is 2. The highest BCUT2D eigenvalue weighted by Crippen LogP contribution is 2.28. The van der Waals surface area contributed by atoms with Crippen molar-refractivity contribution in [1.29, 1.82) is 0 Å². The highest BCUT2D eigenvalue weighted by molar-refractivity contribution is 7.90. The first-order valence-corrected chi connectivity index (χ1v) is 7.57. The zero-order chi connectivity index (χ0) is 12.8. The summed E-state index contributed by atoms with van der Waals surface area (Å²) in [4.78, 5) is 0. The molecule has 0 unspecified atom stereocenters. The molecule has 2 rings (SSSR count). The second-order valence-corrected chi connectivity index (χ2v) is 7.68. The van der Waals surface area contributed by atoms with E-state index in [4.69, 9.17) is 5.73 Å². The van der Waals surface area contributed by atoms with Crippen LogP contribution < -0.4 is 5.73 Å². The van der Waals surface area contributed by atoms with Crippen LogP contribution in [-0.4, -0.2) is 24.0 Å². The first-order valence-electron chi connectivity index (χ1n) is 5.75. The van der Waals surface area contributed by atoms with E-state index in [0.717, 1.165) is 17.0 Å². The normalized spacial score (nSPS) is 19.1. The van der Waals surface area contributed by atoms with Crippen molar-refractivity contribution >= 4 is 9.84 Å². The third kappa shape index (κ3) is 2.24. The standard InChI is InChI=1S/C11H19N3O2S/c1-11(2,3)14-10-7-17(15,16)5-4-8(10)9(6-12)13-14/h4-7,12H2,1-3H3. The molecule has 0 fully saturated rings. The van der Waals surface area contributed by atoms with Crippen LogP contribution in [0.5, 0.6) is 0 Å². The number of hydrogen-bond donors (Lipinski definition) is 1. The molecule has 5 nitrogen and oxygen atoms in total. The highest BCUT2D eigenvalue weighted by Gasteiger charge is 2.31. The molecule has 17 heavy (non-hydrogen) atoms. The van der Waals surface area contributed by atoms with Crippen LogP contribution >= 0.6 is 0 Å². The quantitative estimate of drug-likeness (QED) is 0.797. The second kappa shape index (κ2) is 3.81. The van der Waals surface area contributed by atoms with Crippen LogP contribution in [-0.2, 0) is 34.1 Å². The van der Waals surface area contributed by atoms with Crippen molar-refractivity contribution in [3.05, 3.63) is 17.0 Å². The Bertz CT molecular complexity index is 538. The average molecular weight is 257 g/mol. The van der Waals surface area contributed by atoms with Gasteiger partial charge < -0.3 is 5.73 Å². The van der Waals surface area contributed by atoms with Gasteiger partial charge in [0, 0.05) is 6.54 Å². The van der Waals surface area contributed by atoms with E-state index in [1.54, 1.807) is 0 Å². The van der Waals surface area contributed by atoms with E-state index in [-0.39, 0.29) is 17.0 Å². The topological polar surface area (TPSA) is 78.0 Å². The molecule has 0 aliphatic carbocycles. The summed E-state index contributed by atoms with van der Waals surface area (Å²) in [5.74, 6) is 0.301. The monoisotopic (exact) mass is 257 g/mol. The van der Waals surface area contributed by atoms with Crippen LogP contribution in [0.1, 0.15) is 37.7 Å². The minimum Gasteiger partial charge on any atom is -0.325 e. The second-order valence-electron chi connectivity index (χ2n) is 5.50. The van der Waals surface area contributed by atoms with Crippen LogP contribution in [0.4, 0.5) is 0 Å². The number of nitrogens with zero attached hydrogens (tertiary/aromatic N) is 2. The van der Waals surface area contributed by atoms with Gasteiger partial charge in [0.25, 0.3) is 0 Å². The molecule has 1 aliphatic heterocycles. The van der Waals surface area contributed by atoms with Crippen LogP contribution in [0.15, 0.2) is 0 Å². The summed E-state index contributed by atoms with van der Waals surface area (Å²) >= 11 is 0. The van der Waals surface area contributed by atoms with Gasteiger partial charge in [0.15, 0.2) is 9.84 Å². The van der Waals surface area contributed by atoms with Gasteiger partial charge in [-0.1, -0.05) is 0 Å². The number of sulfone groups is 1. The molecule has 0 saturated carbocycles. The van der Waals surface area contributed by atoms with Crippen LogP contribution in [0, 0.1) is 0 Å². The first kappa shape index (κ1) is 12.6. The molecular formula is C11H19N3O2S. The number of fused-ring (bicyclic) bond motifs is 1. The van der Waals surface area contributed by atoms with Crippen molar-refractivity contribution in [2.24, 2.45) is 5.73 Å². The fourth-order valence-corrected chi connectivity index (χ4v) is 3.60. The minimum absolute atomic E-state index is 0.0899. The number of nitrogens with two attached hydrogens (primary N) is 1. The molecule has 1 aliphatic rings. The Morgan fingerprint density at radius 3 is 2.59 bits per heavy atom. The van der Waals surface area contributed by atoms with Gasteiger partial charge in [-0.25, -0.2) is 8.42 Å². The summed E-state index contributed by atoms with van der Waals surface area (Å²) in [6.45, 7) is 6.41. The molecule has 0 radical (unpaired) electrons. The predicted octanol–water partition coefficient (Wildman–Crippen LogP) is 0.568. The maximum Gasteiger partial charge on any atom is 0.156 e. The molecule has 0 amide bonds. The van der Waals surface area contributed by atoms with Gasteiger partial charge >= 0.3 is 0 Å². The first-order chi connectivity index (χ1) is 7.74. The van der Waals surface area contributed by atoms with Crippen molar-refractivity contribution < 1.29 is 8.42 Å². The van der Waals surface area contributed by atoms with E-state index in [1.807, 2.05) is 25.5 Å². The van der Waals surface area contributed by atoms with Gasteiger partial charge in [0.2, 0.25) is 0 Å². The summed E-state index contributed by atoms with van der Waals surface area (Å²) in [5, 5.41) is 4.47. The Labute approximate surface area is 102 Å². The van der Waals surface area contributed by atoms with Crippen molar-refractivity contribution in [3.63, 3.8) is 0 Å². The van der Waals surface area contributed by atoms with Crippen LogP contribution in [0.2, 0.25) is 0 Å². The van der Waals surface area contributed by atoms with Gasteiger partial charge in [-0.2, -0.15) is 5.10 Å². The molecule has 2 heterocycles. The molecule has 2 N–H and O–H groups in total. The van der Waals surface area contributed by atoms with Crippen molar-refractivity contribution in [3.8, 4) is 0 Å². The summed E-state index contributed by atoms with van der Waals surface area (Å²) in [6.07, 6.45) is 0.542. The van der Waals surface area contributed by atoms with E-state index >= 15 is 0 Å². The molecule has 1 aromatic heterocycles. The molecule has 6 heteroatoms. The molecule has 0 saturated heterocycles. The maximum atomic E-state index is 11.7. The summed E-state index contributed by atoms with van der Waals surface area (Å²) in [7, 11) is -2.98. The van der Waals surface area contributed by atoms with Gasteiger partial charge in [-0.05, 0) is 32.8 Å². The highest BCUT2D eigenvalue weighted by atomic mass is 32.2. The lowest BCUT2D eigenvalue weighted by atomic mass is 10.1. The third-order valence-electron chi connectivity index (χ3n) is 3.02. The summed E-state index contributed by atoms with van der Waals surface area (Å²) in [6, 6.07) is 0. The Morgan fingerprint density at radius 2 is 2.06 bits per heavy atom. The lowest BCUT2D eigenvalue weighted by Gasteiger charge is -2.24. The lowest BCUT2D eigenvalue weighted by Crippen LogP contribution is -2.29. The van der Waals surface area contributed by atoms with Crippen LogP contribution in [0.25, 0.3) is 0 Å². The van der Waals surface area contributed by atoms with E-state index in [0.29, 0.717) is 13.0 Å². The molecular weight excluding hydrogens is 238 g/mol. The third-order valence-corrected chi connectivity index (χ3v) is 4.56. The number of rotatable bonds is 1. The van der Waals surface area contributed by atoms with Gasteiger partial charge in [-0.3, -0.25) is 4.68 Å². The Balaban J connectivity index is 2.61. The smallest absolute Gasteiger partial charge is 0.156 e. The van der Waals surface area contributed by atoms with E-state index in [2.05, 4.69) is 5.10 Å². The van der Waals surface area contributed by atoms with E-state index < -0.39 is 9.84 Å². The molecule has 0 bridgehead atoms. The SMILES string of the molecule is CC(C)(C)n1nc(CN)c2c1CS(=O)(=O)CC2. The van der Waals surface area contributed by atoms with Crippen molar-refractivity contribution in [2.75, 3.05) is 5.75 Å². The largest absolute Gasteiger partial charge is 0.325 e. The van der Waals surface area contributed by atoms with Crippen molar-refractivity contribution in [1.82, 2.24) is 9.78 Å². The Kier molecular flexibility index (Phi) is 2.82. The van der Waals surface area contributed by atoms with Gasteiger partial charge in [-0.15, -0.1) is 0 Å². The lowest BCUT2D eigenvalue weighted by molar-refractivity contribution is 0.344. The predicted molar refractivity (Wildman–Crippen MR) is 66.3 cm³/mol. The molecule has 1 aromatic rings. The van der Waals surface area contributed by atoms with Crippen LogP contribution in [0.3, 0.4) is 0 Å².